The van der Waals surface area contributed by atoms with Crippen molar-refractivity contribution in [1.29, 1.82) is 0 Å². The lowest BCUT2D eigenvalue weighted by Gasteiger charge is -2.12. The Morgan fingerprint density at radius 3 is 2.50 bits per heavy atom. The van der Waals surface area contributed by atoms with Gasteiger partial charge in [-0.15, -0.1) is 0 Å². The van der Waals surface area contributed by atoms with Crippen LogP contribution >= 0.6 is 15.9 Å². The second-order valence-electron chi connectivity index (χ2n) is 4.22. The van der Waals surface area contributed by atoms with Crippen LogP contribution in [0.1, 0.15) is 18.1 Å². The summed E-state index contributed by atoms with van der Waals surface area (Å²) in [6.07, 6.45) is 1.06. The lowest BCUT2D eigenvalue weighted by atomic mass is 10.1. The summed E-state index contributed by atoms with van der Waals surface area (Å²) in [5, 5.41) is 3.43. The molecule has 0 saturated heterocycles. The Morgan fingerprint density at radius 1 is 1.11 bits per heavy atom. The number of hydrogen-bond acceptors (Lipinski definition) is 2. The molecule has 2 rings (SSSR count). The van der Waals surface area contributed by atoms with Gasteiger partial charge in [-0.05, 0) is 51.7 Å². The summed E-state index contributed by atoms with van der Waals surface area (Å²) in [7, 11) is 0. The van der Waals surface area contributed by atoms with Gasteiger partial charge in [-0.1, -0.05) is 31.2 Å². The molecule has 0 amide bonds. The van der Waals surface area contributed by atoms with Crippen molar-refractivity contribution in [3.05, 3.63) is 58.1 Å². The zero-order chi connectivity index (χ0) is 13.0. The van der Waals surface area contributed by atoms with Crippen LogP contribution in [0.5, 0.6) is 0 Å². The lowest BCUT2D eigenvalue weighted by molar-refractivity contribution is 1.04. The minimum Gasteiger partial charge on any atom is -0.399 e. The fourth-order valence-corrected chi connectivity index (χ4v) is 2.48. The van der Waals surface area contributed by atoms with Crippen molar-refractivity contribution in [2.24, 2.45) is 0 Å². The van der Waals surface area contributed by atoms with Gasteiger partial charge in [0.1, 0.15) is 0 Å². The first-order valence-electron chi connectivity index (χ1n) is 6.06. The van der Waals surface area contributed by atoms with Crippen molar-refractivity contribution in [3.8, 4) is 0 Å². The highest BCUT2D eigenvalue weighted by atomic mass is 79.9. The molecule has 0 heterocycles. The van der Waals surface area contributed by atoms with Gasteiger partial charge < -0.3 is 11.1 Å². The van der Waals surface area contributed by atoms with Crippen molar-refractivity contribution in [3.63, 3.8) is 0 Å². The molecule has 0 aliphatic carbocycles. The third-order valence-corrected chi connectivity index (χ3v) is 3.62. The number of nitrogens with two attached hydrogens (primary N) is 1. The van der Waals surface area contributed by atoms with E-state index in [-0.39, 0.29) is 0 Å². The summed E-state index contributed by atoms with van der Waals surface area (Å²) < 4.78 is 0.997. The molecule has 2 nitrogen and oxygen atoms in total. The van der Waals surface area contributed by atoms with Gasteiger partial charge in [-0.2, -0.15) is 0 Å². The van der Waals surface area contributed by atoms with Crippen LogP contribution in [0.2, 0.25) is 0 Å². The average molecular weight is 305 g/mol. The smallest absolute Gasteiger partial charge is 0.0488 e. The molecule has 0 aliphatic rings. The van der Waals surface area contributed by atoms with Crippen LogP contribution in [0.3, 0.4) is 0 Å². The summed E-state index contributed by atoms with van der Waals surface area (Å²) in [4.78, 5) is 0. The minimum absolute atomic E-state index is 0.765. The van der Waals surface area contributed by atoms with Crippen molar-refractivity contribution >= 4 is 27.3 Å². The first-order valence-corrected chi connectivity index (χ1v) is 6.85. The van der Waals surface area contributed by atoms with Gasteiger partial charge >= 0.3 is 0 Å². The van der Waals surface area contributed by atoms with Gasteiger partial charge in [0.15, 0.2) is 0 Å². The van der Waals surface area contributed by atoms with E-state index >= 15 is 0 Å². The largest absolute Gasteiger partial charge is 0.399 e. The van der Waals surface area contributed by atoms with Crippen molar-refractivity contribution < 1.29 is 0 Å². The van der Waals surface area contributed by atoms with Crippen LogP contribution < -0.4 is 11.1 Å². The molecule has 94 valence electrons. The van der Waals surface area contributed by atoms with Gasteiger partial charge in [-0.25, -0.2) is 0 Å². The van der Waals surface area contributed by atoms with E-state index in [1.807, 2.05) is 18.2 Å². The second kappa shape index (κ2) is 5.91. The van der Waals surface area contributed by atoms with E-state index in [9.17, 15) is 0 Å². The molecule has 0 aliphatic heterocycles. The molecule has 3 heteroatoms. The third kappa shape index (κ3) is 3.05. The molecule has 3 N–H and O–H groups in total. The molecule has 2 aromatic rings. The topological polar surface area (TPSA) is 38.0 Å². The monoisotopic (exact) mass is 304 g/mol. The van der Waals surface area contributed by atoms with Gasteiger partial charge in [0, 0.05) is 22.4 Å². The van der Waals surface area contributed by atoms with E-state index in [0.29, 0.717) is 0 Å². The number of benzene rings is 2. The Bertz CT molecular complexity index is 538. The number of halogens is 1. The first-order chi connectivity index (χ1) is 8.70. The van der Waals surface area contributed by atoms with Gasteiger partial charge in [0.2, 0.25) is 0 Å². The highest BCUT2D eigenvalue weighted by Gasteiger charge is 2.02. The van der Waals surface area contributed by atoms with Gasteiger partial charge in [-0.3, -0.25) is 0 Å². The molecule has 0 aromatic heterocycles. The van der Waals surface area contributed by atoms with Crippen LogP contribution in [0.25, 0.3) is 0 Å². The fraction of sp³-hybridized carbons (Fsp3) is 0.200. The zero-order valence-corrected chi connectivity index (χ0v) is 12.0. The molecular formula is C15H17BrN2. The summed E-state index contributed by atoms with van der Waals surface area (Å²) in [5.74, 6) is 0. The number of hydrogen-bond donors (Lipinski definition) is 2. The predicted octanol–water partition coefficient (Wildman–Crippen LogP) is 4.21. The highest BCUT2D eigenvalue weighted by Crippen LogP contribution is 2.25. The van der Waals surface area contributed by atoms with E-state index in [2.05, 4.69) is 52.4 Å². The molecule has 2 aromatic carbocycles. The summed E-state index contributed by atoms with van der Waals surface area (Å²) >= 11 is 3.51. The number of aryl methyl sites for hydroxylation is 1. The molecule has 0 bridgehead atoms. The van der Waals surface area contributed by atoms with E-state index in [4.69, 9.17) is 5.73 Å². The van der Waals surface area contributed by atoms with Crippen LogP contribution in [0.15, 0.2) is 46.9 Å². The van der Waals surface area contributed by atoms with E-state index in [1.54, 1.807) is 0 Å². The third-order valence-electron chi connectivity index (χ3n) is 2.96. The average Bonchev–Trinajstić information content (AvgIpc) is 2.38. The summed E-state index contributed by atoms with van der Waals surface area (Å²) in [5.41, 5.74) is 10.3. The Balaban J connectivity index is 2.11. The van der Waals surface area contributed by atoms with Crippen LogP contribution in [-0.2, 0) is 13.0 Å². The predicted molar refractivity (Wildman–Crippen MR) is 81.7 cm³/mol. The van der Waals surface area contributed by atoms with Crippen LogP contribution in [0.4, 0.5) is 11.4 Å². The highest BCUT2D eigenvalue weighted by molar-refractivity contribution is 9.10. The van der Waals surface area contributed by atoms with Crippen molar-refractivity contribution in [1.82, 2.24) is 0 Å². The van der Waals surface area contributed by atoms with E-state index in [1.165, 1.54) is 11.1 Å². The molecule has 0 radical (unpaired) electrons. The summed E-state index contributed by atoms with van der Waals surface area (Å²) in [6.45, 7) is 3.00. The summed E-state index contributed by atoms with van der Waals surface area (Å²) in [6, 6.07) is 14.3. The molecular weight excluding hydrogens is 288 g/mol. The zero-order valence-electron chi connectivity index (χ0n) is 10.4. The SMILES string of the molecule is CCc1ccccc1CNc1ccc(N)cc1Br. The lowest BCUT2D eigenvalue weighted by Crippen LogP contribution is -2.03. The Hall–Kier alpha value is -1.48. The quantitative estimate of drug-likeness (QED) is 0.831. The number of anilines is 2. The number of rotatable bonds is 4. The molecule has 18 heavy (non-hydrogen) atoms. The molecule has 0 fully saturated rings. The molecule has 0 unspecified atom stereocenters. The van der Waals surface area contributed by atoms with Crippen LogP contribution in [0, 0.1) is 0 Å². The van der Waals surface area contributed by atoms with Gasteiger partial charge in [0.05, 0.1) is 0 Å². The normalized spacial score (nSPS) is 10.3. The Labute approximate surface area is 116 Å². The maximum Gasteiger partial charge on any atom is 0.0488 e. The standard InChI is InChI=1S/C15H17BrN2/c1-2-11-5-3-4-6-12(11)10-18-15-8-7-13(17)9-14(15)16/h3-9,18H,2,10,17H2,1H3. The molecule has 0 saturated carbocycles. The number of nitrogen functional groups attached to an aromatic ring is 1. The molecule has 0 atom stereocenters. The maximum atomic E-state index is 5.72. The second-order valence-corrected chi connectivity index (χ2v) is 5.07. The van der Waals surface area contributed by atoms with Crippen molar-refractivity contribution in [2.75, 3.05) is 11.1 Å². The maximum absolute atomic E-state index is 5.72. The Morgan fingerprint density at radius 2 is 1.83 bits per heavy atom. The minimum atomic E-state index is 0.765. The fourth-order valence-electron chi connectivity index (χ4n) is 1.94. The number of nitrogens with one attached hydrogen (secondary N) is 1. The van der Waals surface area contributed by atoms with Crippen LogP contribution in [-0.4, -0.2) is 0 Å². The van der Waals surface area contributed by atoms with E-state index in [0.717, 1.165) is 28.8 Å². The van der Waals surface area contributed by atoms with Gasteiger partial charge in [0.25, 0.3) is 0 Å². The Kier molecular flexibility index (Phi) is 4.26. The van der Waals surface area contributed by atoms with E-state index < -0.39 is 0 Å². The first kappa shape index (κ1) is 13.0. The van der Waals surface area contributed by atoms with Crippen molar-refractivity contribution in [2.45, 2.75) is 19.9 Å². The molecule has 0 spiro atoms.